The Bertz CT molecular complexity index is 389. The minimum Gasteiger partial charge on any atom is -0.493 e. The van der Waals surface area contributed by atoms with E-state index in [1.807, 2.05) is 18.2 Å². The Kier molecular flexibility index (Phi) is 2.86. The molecule has 0 aliphatic carbocycles. The first-order chi connectivity index (χ1) is 7.16. The summed E-state index contributed by atoms with van der Waals surface area (Å²) in [6, 6.07) is 5.85. The van der Waals surface area contributed by atoms with Crippen molar-refractivity contribution < 1.29 is 14.6 Å². The van der Waals surface area contributed by atoms with Gasteiger partial charge < -0.3 is 9.84 Å². The Balaban J connectivity index is 2.13. The summed E-state index contributed by atoms with van der Waals surface area (Å²) in [7, 11) is 0. The van der Waals surface area contributed by atoms with Gasteiger partial charge in [0.15, 0.2) is 0 Å². The van der Waals surface area contributed by atoms with E-state index >= 15 is 0 Å². The molecule has 1 N–H and O–H groups in total. The van der Waals surface area contributed by atoms with E-state index in [0.29, 0.717) is 0 Å². The van der Waals surface area contributed by atoms with Crippen molar-refractivity contribution in [2.75, 3.05) is 6.61 Å². The molecule has 1 atom stereocenters. The maximum absolute atomic E-state index is 10.7. The Labute approximate surface area is 92.4 Å². The van der Waals surface area contributed by atoms with E-state index in [1.54, 1.807) is 6.92 Å². The average molecular weight is 224 g/mol. The van der Waals surface area contributed by atoms with Crippen LogP contribution >= 0.6 is 11.8 Å². The van der Waals surface area contributed by atoms with E-state index in [9.17, 15) is 4.79 Å². The highest BCUT2D eigenvalue weighted by Crippen LogP contribution is 2.31. The Morgan fingerprint density at radius 3 is 3.13 bits per heavy atom. The topological polar surface area (TPSA) is 46.5 Å². The highest BCUT2D eigenvalue weighted by molar-refractivity contribution is 8.00. The first kappa shape index (κ1) is 10.4. The molecule has 1 aliphatic rings. The zero-order valence-electron chi connectivity index (χ0n) is 8.40. The van der Waals surface area contributed by atoms with Gasteiger partial charge in [-0.2, -0.15) is 0 Å². The SMILES string of the molecule is CC(Sc1ccc2c(c1)CCO2)C(=O)O. The lowest BCUT2D eigenvalue weighted by molar-refractivity contribution is -0.136. The predicted molar refractivity (Wildman–Crippen MR) is 58.6 cm³/mol. The molecule has 2 rings (SSSR count). The summed E-state index contributed by atoms with van der Waals surface area (Å²) in [5, 5.41) is 8.38. The van der Waals surface area contributed by atoms with Gasteiger partial charge in [0.1, 0.15) is 11.0 Å². The van der Waals surface area contributed by atoms with Crippen molar-refractivity contribution in [3.63, 3.8) is 0 Å². The summed E-state index contributed by atoms with van der Waals surface area (Å²) in [5.41, 5.74) is 1.18. The maximum atomic E-state index is 10.7. The van der Waals surface area contributed by atoms with Crippen LogP contribution in [0.25, 0.3) is 0 Å². The third-order valence-corrected chi connectivity index (χ3v) is 3.40. The number of rotatable bonds is 3. The largest absolute Gasteiger partial charge is 0.493 e. The normalized spacial score (nSPS) is 15.5. The van der Waals surface area contributed by atoms with Crippen molar-refractivity contribution in [2.45, 2.75) is 23.5 Å². The number of hydrogen-bond acceptors (Lipinski definition) is 3. The van der Waals surface area contributed by atoms with Crippen LogP contribution in [-0.4, -0.2) is 22.9 Å². The van der Waals surface area contributed by atoms with Crippen LogP contribution in [0.4, 0.5) is 0 Å². The fourth-order valence-corrected chi connectivity index (χ4v) is 2.36. The molecule has 0 aromatic heterocycles. The van der Waals surface area contributed by atoms with E-state index in [-0.39, 0.29) is 0 Å². The lowest BCUT2D eigenvalue weighted by Gasteiger charge is -2.07. The number of fused-ring (bicyclic) bond motifs is 1. The first-order valence-electron chi connectivity index (χ1n) is 4.82. The van der Waals surface area contributed by atoms with Gasteiger partial charge in [0.05, 0.1) is 6.61 Å². The van der Waals surface area contributed by atoms with Crippen LogP contribution in [-0.2, 0) is 11.2 Å². The van der Waals surface area contributed by atoms with Gasteiger partial charge in [-0.25, -0.2) is 0 Å². The van der Waals surface area contributed by atoms with Crippen LogP contribution in [0.5, 0.6) is 5.75 Å². The van der Waals surface area contributed by atoms with Gasteiger partial charge in [-0.3, -0.25) is 4.79 Å². The molecule has 0 bridgehead atoms. The average Bonchev–Trinajstić information content (AvgIpc) is 2.64. The molecule has 1 unspecified atom stereocenters. The monoisotopic (exact) mass is 224 g/mol. The molecule has 0 spiro atoms. The number of carboxylic acid groups (broad SMARTS) is 1. The number of carbonyl (C=O) groups is 1. The van der Waals surface area contributed by atoms with Gasteiger partial charge in [-0.15, -0.1) is 11.8 Å². The van der Waals surface area contributed by atoms with Gasteiger partial charge in [-0.05, 0) is 30.7 Å². The summed E-state index contributed by atoms with van der Waals surface area (Å²) in [6.07, 6.45) is 0.922. The number of carboxylic acids is 1. The van der Waals surface area contributed by atoms with Crippen LogP contribution in [0.1, 0.15) is 12.5 Å². The Morgan fingerprint density at radius 2 is 2.40 bits per heavy atom. The second-order valence-corrected chi connectivity index (χ2v) is 4.88. The third-order valence-electron chi connectivity index (χ3n) is 2.32. The maximum Gasteiger partial charge on any atom is 0.316 e. The van der Waals surface area contributed by atoms with Crippen LogP contribution < -0.4 is 4.74 Å². The zero-order valence-corrected chi connectivity index (χ0v) is 9.21. The molecular formula is C11H12O3S. The Morgan fingerprint density at radius 1 is 1.60 bits per heavy atom. The van der Waals surface area contributed by atoms with E-state index in [0.717, 1.165) is 23.7 Å². The first-order valence-corrected chi connectivity index (χ1v) is 5.70. The fraction of sp³-hybridized carbons (Fsp3) is 0.364. The number of ether oxygens (including phenoxy) is 1. The highest BCUT2D eigenvalue weighted by atomic mass is 32.2. The van der Waals surface area contributed by atoms with Crippen molar-refractivity contribution in [3.8, 4) is 5.75 Å². The Hall–Kier alpha value is -1.16. The number of benzene rings is 1. The number of hydrogen-bond donors (Lipinski definition) is 1. The van der Waals surface area contributed by atoms with Gasteiger partial charge in [0.2, 0.25) is 0 Å². The van der Waals surface area contributed by atoms with Crippen molar-refractivity contribution in [1.82, 2.24) is 0 Å². The molecule has 1 aromatic carbocycles. The second-order valence-electron chi connectivity index (χ2n) is 3.47. The summed E-state index contributed by atoms with van der Waals surface area (Å²) < 4.78 is 5.38. The van der Waals surface area contributed by atoms with Gasteiger partial charge in [0.25, 0.3) is 0 Å². The standard InChI is InChI=1S/C11H12O3S/c1-7(11(12)13)15-9-2-3-10-8(6-9)4-5-14-10/h2-3,6-7H,4-5H2,1H3,(H,12,13). The molecule has 1 heterocycles. The molecule has 0 radical (unpaired) electrons. The number of thioether (sulfide) groups is 1. The zero-order chi connectivity index (χ0) is 10.8. The van der Waals surface area contributed by atoms with Crippen LogP contribution in [0.2, 0.25) is 0 Å². The molecule has 80 valence electrons. The number of aliphatic carboxylic acids is 1. The molecule has 1 aliphatic heterocycles. The van der Waals surface area contributed by atoms with Crippen molar-refractivity contribution >= 4 is 17.7 Å². The van der Waals surface area contributed by atoms with Gasteiger partial charge in [-0.1, -0.05) is 0 Å². The molecule has 15 heavy (non-hydrogen) atoms. The molecule has 0 fully saturated rings. The molecule has 4 heteroatoms. The van der Waals surface area contributed by atoms with Crippen molar-refractivity contribution in [3.05, 3.63) is 23.8 Å². The van der Waals surface area contributed by atoms with Crippen molar-refractivity contribution in [2.24, 2.45) is 0 Å². The molecule has 0 amide bonds. The van der Waals surface area contributed by atoms with Crippen LogP contribution in [0.3, 0.4) is 0 Å². The highest BCUT2D eigenvalue weighted by Gasteiger charge is 2.16. The van der Waals surface area contributed by atoms with Gasteiger partial charge >= 0.3 is 5.97 Å². The summed E-state index contributed by atoms with van der Waals surface area (Å²) in [6.45, 7) is 2.43. The summed E-state index contributed by atoms with van der Waals surface area (Å²) in [4.78, 5) is 11.7. The van der Waals surface area contributed by atoms with Gasteiger partial charge in [0, 0.05) is 11.3 Å². The summed E-state index contributed by atoms with van der Waals surface area (Å²) >= 11 is 1.36. The second kappa shape index (κ2) is 4.14. The smallest absolute Gasteiger partial charge is 0.316 e. The summed E-state index contributed by atoms with van der Waals surface area (Å²) in [5.74, 6) is 0.152. The lowest BCUT2D eigenvalue weighted by Crippen LogP contribution is -2.10. The lowest BCUT2D eigenvalue weighted by atomic mass is 10.2. The van der Waals surface area contributed by atoms with E-state index < -0.39 is 11.2 Å². The molecule has 0 saturated carbocycles. The predicted octanol–water partition coefficient (Wildman–Crippen LogP) is 2.19. The van der Waals surface area contributed by atoms with Crippen LogP contribution in [0, 0.1) is 0 Å². The fourth-order valence-electron chi connectivity index (χ4n) is 1.49. The minimum absolute atomic E-state index is 0.412. The molecular weight excluding hydrogens is 212 g/mol. The molecule has 0 saturated heterocycles. The van der Waals surface area contributed by atoms with Crippen molar-refractivity contribution in [1.29, 1.82) is 0 Å². The molecule has 1 aromatic rings. The third kappa shape index (κ3) is 2.26. The molecule has 3 nitrogen and oxygen atoms in total. The minimum atomic E-state index is -0.781. The van der Waals surface area contributed by atoms with Crippen LogP contribution in [0.15, 0.2) is 23.1 Å². The van der Waals surface area contributed by atoms with E-state index in [4.69, 9.17) is 9.84 Å². The van der Waals surface area contributed by atoms with E-state index in [1.165, 1.54) is 17.3 Å². The quantitative estimate of drug-likeness (QED) is 0.799. The van der Waals surface area contributed by atoms with E-state index in [2.05, 4.69) is 0 Å².